The quantitative estimate of drug-likeness (QED) is 0.875. The molecule has 1 N–H and O–H groups in total. The van der Waals surface area contributed by atoms with Gasteiger partial charge in [-0.3, -0.25) is 0 Å². The van der Waals surface area contributed by atoms with Gasteiger partial charge in [0.25, 0.3) is 0 Å². The summed E-state index contributed by atoms with van der Waals surface area (Å²) in [6.45, 7) is 3.80. The van der Waals surface area contributed by atoms with Crippen LogP contribution in [0.2, 0.25) is 5.02 Å². The normalized spacial score (nSPS) is 11.8. The zero-order valence-corrected chi connectivity index (χ0v) is 12.7. The molecule has 1 unspecified atom stereocenters. The number of ether oxygens (including phenoxy) is 1. The lowest BCUT2D eigenvalue weighted by Crippen LogP contribution is -2.13. The number of esters is 1. The number of nitrogens with one attached hydrogen (secondary N) is 1. The number of hydrogen-bond acceptors (Lipinski definition) is 6. The Morgan fingerprint density at radius 1 is 1.43 bits per heavy atom. The van der Waals surface area contributed by atoms with Crippen molar-refractivity contribution >= 4 is 23.4 Å². The third kappa shape index (κ3) is 3.66. The Hall–Kier alpha value is -2.21. The summed E-state index contributed by atoms with van der Waals surface area (Å²) in [5.41, 5.74) is 1.18. The molecule has 2 heterocycles. The largest absolute Gasteiger partial charge is 0.465 e. The van der Waals surface area contributed by atoms with Crippen LogP contribution in [0.3, 0.4) is 0 Å². The van der Waals surface area contributed by atoms with Crippen molar-refractivity contribution < 1.29 is 9.53 Å². The van der Waals surface area contributed by atoms with E-state index in [1.807, 2.05) is 19.9 Å². The molecule has 2 rings (SSSR count). The molecule has 0 fully saturated rings. The van der Waals surface area contributed by atoms with Crippen molar-refractivity contribution in [3.63, 3.8) is 0 Å². The average Bonchev–Trinajstić information content (AvgIpc) is 2.48. The Morgan fingerprint density at radius 2 is 2.19 bits per heavy atom. The number of hydrogen-bond donors (Lipinski definition) is 1. The Bertz CT molecular complexity index is 663. The van der Waals surface area contributed by atoms with Gasteiger partial charge in [-0.15, -0.1) is 0 Å². The van der Waals surface area contributed by atoms with Crippen molar-refractivity contribution in [3.8, 4) is 0 Å². The average molecular weight is 307 g/mol. The van der Waals surface area contributed by atoms with E-state index in [1.54, 1.807) is 6.20 Å². The van der Waals surface area contributed by atoms with E-state index in [9.17, 15) is 4.79 Å². The van der Waals surface area contributed by atoms with Crippen molar-refractivity contribution in [2.24, 2.45) is 0 Å². The van der Waals surface area contributed by atoms with E-state index in [0.29, 0.717) is 22.2 Å². The number of rotatable bonds is 4. The van der Waals surface area contributed by atoms with E-state index in [1.165, 1.54) is 19.4 Å². The highest BCUT2D eigenvalue weighted by atomic mass is 35.5. The molecule has 0 saturated heterocycles. The van der Waals surface area contributed by atoms with Crippen LogP contribution in [0.1, 0.15) is 34.8 Å². The Morgan fingerprint density at radius 3 is 2.81 bits per heavy atom. The van der Waals surface area contributed by atoms with Crippen molar-refractivity contribution in [1.29, 1.82) is 0 Å². The van der Waals surface area contributed by atoms with Crippen LogP contribution in [0.15, 0.2) is 24.5 Å². The number of aryl methyl sites for hydroxylation is 1. The first-order valence-corrected chi connectivity index (χ1v) is 6.69. The van der Waals surface area contributed by atoms with Gasteiger partial charge >= 0.3 is 5.97 Å². The van der Waals surface area contributed by atoms with Gasteiger partial charge in [-0.1, -0.05) is 11.6 Å². The van der Waals surface area contributed by atoms with Gasteiger partial charge in [-0.05, 0) is 26.0 Å². The topological polar surface area (TPSA) is 77.0 Å². The summed E-state index contributed by atoms with van der Waals surface area (Å²) in [6.07, 6.45) is 3.11. The second-order valence-electron chi connectivity index (χ2n) is 4.47. The van der Waals surface area contributed by atoms with Gasteiger partial charge in [-0.2, -0.15) is 0 Å². The van der Waals surface area contributed by atoms with Gasteiger partial charge in [0.2, 0.25) is 0 Å². The van der Waals surface area contributed by atoms with Crippen LogP contribution in [-0.2, 0) is 4.74 Å². The lowest BCUT2D eigenvalue weighted by molar-refractivity contribution is 0.0600. The Labute approximate surface area is 127 Å². The number of carbonyl (C=O) groups excluding carboxylic acids is 1. The number of anilines is 1. The summed E-state index contributed by atoms with van der Waals surface area (Å²) in [4.78, 5) is 24.1. The number of carbonyl (C=O) groups is 1. The molecule has 0 bridgehead atoms. The molecule has 21 heavy (non-hydrogen) atoms. The first kappa shape index (κ1) is 15.2. The number of methoxy groups -OCH3 is 1. The molecule has 0 spiro atoms. The lowest BCUT2D eigenvalue weighted by atomic mass is 10.2. The highest BCUT2D eigenvalue weighted by Crippen LogP contribution is 2.24. The SMILES string of the molecule is COC(=O)c1cnc(NC(C)c2nccc(C)n2)c(Cl)c1. The standard InChI is InChI=1S/C14H15ClN4O2/c1-8-4-5-16-12(18-8)9(2)19-13-11(15)6-10(7-17-13)14(20)21-3/h4-7,9H,1-3H3,(H,17,19). The third-order valence-electron chi connectivity index (χ3n) is 2.82. The van der Waals surface area contributed by atoms with E-state index < -0.39 is 5.97 Å². The van der Waals surface area contributed by atoms with Crippen LogP contribution < -0.4 is 5.32 Å². The number of halogens is 1. The molecule has 110 valence electrons. The van der Waals surface area contributed by atoms with Gasteiger partial charge < -0.3 is 10.1 Å². The molecule has 0 aliphatic carbocycles. The van der Waals surface area contributed by atoms with E-state index in [0.717, 1.165) is 5.69 Å². The van der Waals surface area contributed by atoms with Crippen LogP contribution in [-0.4, -0.2) is 28.0 Å². The van der Waals surface area contributed by atoms with E-state index >= 15 is 0 Å². The zero-order chi connectivity index (χ0) is 15.4. The minimum absolute atomic E-state index is 0.168. The van der Waals surface area contributed by atoms with Gasteiger partial charge in [0.1, 0.15) is 11.6 Å². The van der Waals surface area contributed by atoms with Gasteiger partial charge in [0, 0.05) is 18.1 Å². The highest BCUT2D eigenvalue weighted by Gasteiger charge is 2.14. The van der Waals surface area contributed by atoms with Crippen LogP contribution in [0.4, 0.5) is 5.82 Å². The Balaban J connectivity index is 2.18. The summed E-state index contributed by atoms with van der Waals surface area (Å²) < 4.78 is 4.62. The monoisotopic (exact) mass is 306 g/mol. The predicted molar refractivity (Wildman–Crippen MR) is 79.4 cm³/mol. The molecule has 7 heteroatoms. The lowest BCUT2D eigenvalue weighted by Gasteiger charge is -2.14. The maximum absolute atomic E-state index is 11.4. The van der Waals surface area contributed by atoms with Crippen LogP contribution in [0.25, 0.3) is 0 Å². The van der Waals surface area contributed by atoms with Gasteiger partial charge in [0.15, 0.2) is 0 Å². The highest BCUT2D eigenvalue weighted by molar-refractivity contribution is 6.33. The first-order valence-electron chi connectivity index (χ1n) is 6.31. The number of nitrogens with zero attached hydrogens (tertiary/aromatic N) is 3. The van der Waals surface area contributed by atoms with Crippen LogP contribution >= 0.6 is 11.6 Å². The fraction of sp³-hybridized carbons (Fsp3) is 0.286. The smallest absolute Gasteiger partial charge is 0.339 e. The van der Waals surface area contributed by atoms with Crippen LogP contribution in [0, 0.1) is 6.92 Å². The fourth-order valence-electron chi connectivity index (χ4n) is 1.72. The summed E-state index contributed by atoms with van der Waals surface area (Å²) in [7, 11) is 1.31. The number of pyridine rings is 1. The maximum atomic E-state index is 11.4. The van der Waals surface area contributed by atoms with Crippen molar-refractivity contribution in [2.45, 2.75) is 19.9 Å². The summed E-state index contributed by atoms with van der Waals surface area (Å²) in [5, 5.41) is 3.45. The number of aromatic nitrogens is 3. The fourth-order valence-corrected chi connectivity index (χ4v) is 1.94. The second kappa shape index (κ2) is 6.49. The molecular weight excluding hydrogens is 292 g/mol. The van der Waals surface area contributed by atoms with Crippen molar-refractivity contribution in [1.82, 2.24) is 15.0 Å². The molecule has 0 amide bonds. The first-order chi connectivity index (χ1) is 10.0. The zero-order valence-electron chi connectivity index (χ0n) is 11.9. The summed E-state index contributed by atoms with van der Waals surface area (Å²) in [6, 6.07) is 3.16. The molecule has 0 saturated carbocycles. The molecule has 2 aromatic rings. The molecule has 2 aromatic heterocycles. The molecule has 6 nitrogen and oxygen atoms in total. The maximum Gasteiger partial charge on any atom is 0.339 e. The minimum atomic E-state index is -0.481. The third-order valence-corrected chi connectivity index (χ3v) is 3.10. The summed E-state index contributed by atoms with van der Waals surface area (Å²) in [5.74, 6) is 0.623. The molecule has 0 aromatic carbocycles. The van der Waals surface area contributed by atoms with Crippen molar-refractivity contribution in [3.05, 3.63) is 46.6 Å². The van der Waals surface area contributed by atoms with E-state index in [-0.39, 0.29) is 6.04 Å². The molecule has 0 aliphatic rings. The van der Waals surface area contributed by atoms with Gasteiger partial charge in [0.05, 0.1) is 23.7 Å². The Kier molecular flexibility index (Phi) is 4.70. The second-order valence-corrected chi connectivity index (χ2v) is 4.88. The molecular formula is C14H15ClN4O2. The van der Waals surface area contributed by atoms with Crippen LogP contribution in [0.5, 0.6) is 0 Å². The van der Waals surface area contributed by atoms with Gasteiger partial charge in [-0.25, -0.2) is 19.7 Å². The van der Waals surface area contributed by atoms with E-state index in [2.05, 4.69) is 25.0 Å². The minimum Gasteiger partial charge on any atom is -0.465 e. The summed E-state index contributed by atoms with van der Waals surface area (Å²) >= 11 is 6.12. The predicted octanol–water partition coefficient (Wildman–Crippen LogP) is 2.79. The van der Waals surface area contributed by atoms with E-state index in [4.69, 9.17) is 11.6 Å². The molecule has 0 radical (unpaired) electrons. The molecule has 1 atom stereocenters. The van der Waals surface area contributed by atoms with Crippen molar-refractivity contribution in [2.75, 3.05) is 12.4 Å². The molecule has 0 aliphatic heterocycles.